The summed E-state index contributed by atoms with van der Waals surface area (Å²) < 4.78 is 15.3. The van der Waals surface area contributed by atoms with E-state index in [2.05, 4.69) is 36.1 Å². The van der Waals surface area contributed by atoms with Crippen molar-refractivity contribution >= 4 is 20.4 Å². The Balaban J connectivity index is 0.000000469. The summed E-state index contributed by atoms with van der Waals surface area (Å²) in [7, 11) is -1.25. The minimum atomic E-state index is -1.25. The molecule has 0 amide bonds. The van der Waals surface area contributed by atoms with Gasteiger partial charge >= 0.3 is 7.80 Å². The highest BCUT2D eigenvalue weighted by atomic mass is 32.1. The molecule has 0 radical (unpaired) electrons. The Morgan fingerprint density at radius 1 is 1.43 bits per heavy atom. The fraction of sp³-hybridized carbons (Fsp3) is 1.00. The van der Waals surface area contributed by atoms with Crippen molar-refractivity contribution in [3.63, 3.8) is 0 Å². The van der Waals surface area contributed by atoms with Crippen LogP contribution in [0.15, 0.2) is 0 Å². The molecule has 1 aliphatic heterocycles. The van der Waals surface area contributed by atoms with Gasteiger partial charge in [-0.3, -0.25) is 0 Å². The molecule has 1 heterocycles. The summed E-state index contributed by atoms with van der Waals surface area (Å²) in [5.74, 6) is 0. The molecule has 1 saturated heterocycles. The molecule has 0 aromatic heterocycles. The van der Waals surface area contributed by atoms with Gasteiger partial charge in [0.25, 0.3) is 4.61 Å². The van der Waals surface area contributed by atoms with Crippen LogP contribution in [0.25, 0.3) is 0 Å². The van der Waals surface area contributed by atoms with E-state index in [1.165, 1.54) is 0 Å². The Kier molecular flexibility index (Phi) is 6.96. The fourth-order valence-corrected chi connectivity index (χ4v) is 1.99. The van der Waals surface area contributed by atoms with Gasteiger partial charge in [-0.25, -0.2) is 4.90 Å². The summed E-state index contributed by atoms with van der Waals surface area (Å²) in [5, 5.41) is 0. The first-order chi connectivity index (χ1) is 6.46. The lowest BCUT2D eigenvalue weighted by Crippen LogP contribution is -2.38. The fourth-order valence-electron chi connectivity index (χ4n) is 1.02. The molecule has 1 rings (SSSR count). The molecule has 0 bridgehead atoms. The molecule has 1 fully saturated rings. The lowest BCUT2D eigenvalue weighted by Gasteiger charge is -2.26. The van der Waals surface area contributed by atoms with E-state index in [1.54, 1.807) is 6.66 Å². The summed E-state index contributed by atoms with van der Waals surface area (Å²) >= 11 is 4.38. The molecule has 2 atom stereocenters. The average molecular weight is 238 g/mol. The number of nitrogens with zero attached hydrogens (tertiary/aromatic N) is 1. The van der Waals surface area contributed by atoms with Gasteiger partial charge in [0.05, 0.1) is 13.2 Å². The van der Waals surface area contributed by atoms with Crippen molar-refractivity contribution in [1.29, 1.82) is 0 Å². The van der Waals surface area contributed by atoms with Crippen LogP contribution in [0.5, 0.6) is 0 Å². The molecule has 0 spiro atoms. The Hall–Kier alpha value is 0.370. The molecule has 0 aromatic rings. The topological polar surface area (TPSA) is 32.8 Å². The maximum absolute atomic E-state index is 11.3. The van der Waals surface area contributed by atoms with Crippen LogP contribution < -0.4 is 0 Å². The van der Waals surface area contributed by atoms with Crippen molar-refractivity contribution in [2.75, 3.05) is 33.0 Å². The molecular weight excluding hydrogens is 217 g/mol. The summed E-state index contributed by atoms with van der Waals surface area (Å²) in [6.45, 7) is 11.5. The van der Waals surface area contributed by atoms with Gasteiger partial charge < -0.3 is 4.74 Å². The van der Waals surface area contributed by atoms with Crippen LogP contribution in [-0.4, -0.2) is 42.5 Å². The second kappa shape index (κ2) is 6.78. The lowest BCUT2D eigenvalue weighted by atomic mass is 10.5. The predicted molar refractivity (Wildman–Crippen MR) is 64.7 cm³/mol. The van der Waals surface area contributed by atoms with E-state index in [0.29, 0.717) is 0 Å². The van der Waals surface area contributed by atoms with Gasteiger partial charge in [0.2, 0.25) is 0 Å². The average Bonchev–Trinajstić information content (AvgIpc) is 2.91. The third-order valence-electron chi connectivity index (χ3n) is 2.16. The second-order valence-corrected chi connectivity index (χ2v) is 6.34. The highest BCUT2D eigenvalue weighted by molar-refractivity contribution is 7.89. The summed E-state index contributed by atoms with van der Waals surface area (Å²) in [6.07, 6.45) is 0. The first kappa shape index (κ1) is 14.4. The van der Waals surface area contributed by atoms with Gasteiger partial charge in [0.15, 0.2) is 0 Å². The van der Waals surface area contributed by atoms with Crippen LogP contribution in [-0.2, 0) is 9.30 Å². The Morgan fingerprint density at radius 3 is 1.86 bits per heavy atom. The molecule has 1 aliphatic rings. The lowest BCUT2D eigenvalue weighted by molar-refractivity contribution is 0.266. The van der Waals surface area contributed by atoms with E-state index in [0.717, 1.165) is 26.3 Å². The number of hydrogen-bond donors (Lipinski definition) is 1. The van der Waals surface area contributed by atoms with E-state index in [1.807, 2.05) is 6.92 Å². The van der Waals surface area contributed by atoms with Gasteiger partial charge in [0, 0.05) is 20.0 Å². The second-order valence-electron chi connectivity index (χ2n) is 3.25. The zero-order valence-electron chi connectivity index (χ0n) is 9.49. The minimum absolute atomic E-state index is 0.446. The zero-order valence-corrected chi connectivity index (χ0v) is 11.3. The molecular formula is C9H21NO2PS+. The third kappa shape index (κ3) is 5.30. The molecule has 2 unspecified atom stereocenters. The maximum atomic E-state index is 11.3. The SMILES string of the molecule is C1CO1.CCN(CC)C(C)(S)[P+](C)=O. The Labute approximate surface area is 93.4 Å². The van der Waals surface area contributed by atoms with Crippen molar-refractivity contribution < 1.29 is 9.30 Å². The standard InChI is InChI=1S/C7H16NOPS.C2H4O/c1-5-8(6-2)7(3,11)10(4)9;1-2-3-1/h5-6H2,1-4H3;1-2H2/p+1. The molecule has 84 valence electrons. The van der Waals surface area contributed by atoms with Crippen molar-refractivity contribution in [2.24, 2.45) is 0 Å². The van der Waals surface area contributed by atoms with Crippen molar-refractivity contribution in [3.8, 4) is 0 Å². The summed E-state index contributed by atoms with van der Waals surface area (Å²) in [6, 6.07) is 0. The highest BCUT2D eigenvalue weighted by Gasteiger charge is 2.41. The van der Waals surface area contributed by atoms with Crippen LogP contribution in [0.3, 0.4) is 0 Å². The molecule has 0 saturated carbocycles. The Morgan fingerprint density at radius 2 is 1.79 bits per heavy atom. The van der Waals surface area contributed by atoms with E-state index >= 15 is 0 Å². The van der Waals surface area contributed by atoms with Gasteiger partial charge in [0.1, 0.15) is 6.66 Å². The first-order valence-corrected chi connectivity index (χ1v) is 7.08. The number of thiol groups is 1. The monoisotopic (exact) mass is 238 g/mol. The first-order valence-electron chi connectivity index (χ1n) is 4.92. The molecule has 3 nitrogen and oxygen atoms in total. The normalized spacial score (nSPS) is 19.4. The van der Waals surface area contributed by atoms with E-state index in [-0.39, 0.29) is 0 Å². The van der Waals surface area contributed by atoms with Crippen molar-refractivity contribution in [2.45, 2.75) is 25.4 Å². The van der Waals surface area contributed by atoms with Crippen molar-refractivity contribution in [1.82, 2.24) is 4.90 Å². The molecule has 0 aliphatic carbocycles. The highest BCUT2D eigenvalue weighted by Crippen LogP contribution is 2.41. The largest absolute Gasteiger partial charge is 0.377 e. The van der Waals surface area contributed by atoms with Gasteiger partial charge in [-0.05, 0) is 0 Å². The smallest absolute Gasteiger partial charge is 0.368 e. The van der Waals surface area contributed by atoms with Crippen LogP contribution in [0.1, 0.15) is 20.8 Å². The van der Waals surface area contributed by atoms with E-state index in [4.69, 9.17) is 0 Å². The van der Waals surface area contributed by atoms with Crippen LogP contribution in [0.2, 0.25) is 0 Å². The van der Waals surface area contributed by atoms with Gasteiger partial charge in [-0.2, -0.15) is 0 Å². The summed E-state index contributed by atoms with van der Waals surface area (Å²) in [4.78, 5) is 2.09. The van der Waals surface area contributed by atoms with Crippen LogP contribution >= 0.6 is 20.4 Å². The zero-order chi connectivity index (χ0) is 11.2. The molecule has 0 aromatic carbocycles. The minimum Gasteiger partial charge on any atom is -0.377 e. The van der Waals surface area contributed by atoms with E-state index < -0.39 is 12.4 Å². The number of rotatable bonds is 4. The molecule has 0 N–H and O–H groups in total. The Bertz CT molecular complexity index is 179. The summed E-state index contributed by atoms with van der Waals surface area (Å²) in [5.41, 5.74) is 0. The molecule has 14 heavy (non-hydrogen) atoms. The van der Waals surface area contributed by atoms with Crippen LogP contribution in [0.4, 0.5) is 0 Å². The third-order valence-corrected chi connectivity index (χ3v) is 4.77. The number of epoxide rings is 1. The number of hydrogen-bond acceptors (Lipinski definition) is 4. The van der Waals surface area contributed by atoms with Gasteiger partial charge in [-0.15, -0.1) is 12.6 Å². The predicted octanol–water partition coefficient (Wildman–Crippen LogP) is 2.41. The van der Waals surface area contributed by atoms with Crippen LogP contribution in [0, 0.1) is 0 Å². The number of ether oxygens (including phenoxy) is 1. The van der Waals surface area contributed by atoms with E-state index in [9.17, 15) is 4.57 Å². The quantitative estimate of drug-likeness (QED) is 0.353. The maximum Gasteiger partial charge on any atom is 0.368 e. The van der Waals surface area contributed by atoms with Crippen molar-refractivity contribution in [3.05, 3.63) is 0 Å². The molecule has 5 heteroatoms. The van der Waals surface area contributed by atoms with Gasteiger partial charge in [-0.1, -0.05) is 18.4 Å².